The zero-order valence-electron chi connectivity index (χ0n) is 10.1. The molecule has 96 valence electrons. The fraction of sp³-hybridized carbons (Fsp3) is 0.364. The number of amides is 1. The van der Waals surface area contributed by atoms with Crippen LogP contribution in [0.5, 0.6) is 0 Å². The first-order chi connectivity index (χ1) is 8.51. The molecule has 0 spiro atoms. The van der Waals surface area contributed by atoms with E-state index in [9.17, 15) is 9.59 Å². The van der Waals surface area contributed by atoms with Crippen molar-refractivity contribution in [3.05, 3.63) is 19.5 Å². The number of carbonyl (C=O) groups is 1. The van der Waals surface area contributed by atoms with Crippen molar-refractivity contribution in [3.8, 4) is 0 Å². The second-order valence-electron chi connectivity index (χ2n) is 3.63. The van der Waals surface area contributed by atoms with Crippen LogP contribution < -0.4 is 14.8 Å². The molecule has 0 saturated carbocycles. The summed E-state index contributed by atoms with van der Waals surface area (Å²) in [4.78, 5) is 26.1. The van der Waals surface area contributed by atoms with Gasteiger partial charge >= 0.3 is 0 Å². The van der Waals surface area contributed by atoms with E-state index >= 15 is 0 Å². The molecule has 2 heterocycles. The van der Waals surface area contributed by atoms with E-state index in [2.05, 4.69) is 6.58 Å². The maximum Gasteiger partial charge on any atom is 0.269 e. The average molecular weight is 300 g/mol. The molecule has 1 fully saturated rings. The van der Waals surface area contributed by atoms with E-state index in [-0.39, 0.29) is 11.5 Å². The number of carbonyl (C=O) groups excluding carboxylic acids is 1. The van der Waals surface area contributed by atoms with Crippen LogP contribution in [0.25, 0.3) is 11.5 Å². The van der Waals surface area contributed by atoms with Gasteiger partial charge in [-0.15, -0.1) is 11.3 Å². The highest BCUT2D eigenvalue weighted by Crippen LogP contribution is 2.30. The van der Waals surface area contributed by atoms with E-state index in [1.165, 1.54) is 23.1 Å². The molecule has 0 N–H and O–H groups in total. The molecule has 0 radical (unpaired) electrons. The smallest absolute Gasteiger partial charge is 0.269 e. The Bertz CT molecular complexity index is 686. The Hall–Kier alpha value is -0.920. The minimum atomic E-state index is -0.126. The number of hydrogen-bond acceptors (Lipinski definition) is 5. The normalized spacial score (nSPS) is 18.9. The second-order valence-corrected chi connectivity index (χ2v) is 6.35. The van der Waals surface area contributed by atoms with Gasteiger partial charge in [-0.25, -0.2) is 0 Å². The summed E-state index contributed by atoms with van der Waals surface area (Å²) < 4.78 is 3.25. The molecule has 4 nitrogen and oxygen atoms in total. The van der Waals surface area contributed by atoms with Gasteiger partial charge in [0.1, 0.15) is 13.9 Å². The Labute approximate surface area is 118 Å². The van der Waals surface area contributed by atoms with E-state index in [0.29, 0.717) is 31.5 Å². The van der Waals surface area contributed by atoms with Gasteiger partial charge in [-0.2, -0.15) is 0 Å². The summed E-state index contributed by atoms with van der Waals surface area (Å²) in [5.74, 6) is -0.115. The molecule has 0 atom stereocenters. The molecular weight excluding hydrogens is 288 g/mol. The fourth-order valence-electron chi connectivity index (χ4n) is 1.71. The van der Waals surface area contributed by atoms with Gasteiger partial charge in [0.05, 0.1) is 4.53 Å². The zero-order valence-corrected chi connectivity index (χ0v) is 12.5. The van der Waals surface area contributed by atoms with Crippen LogP contribution in [0.2, 0.25) is 0 Å². The van der Waals surface area contributed by atoms with Gasteiger partial charge in [0.25, 0.3) is 11.5 Å². The van der Waals surface area contributed by atoms with Gasteiger partial charge in [0.2, 0.25) is 0 Å². The van der Waals surface area contributed by atoms with Crippen molar-refractivity contribution < 1.29 is 4.79 Å². The molecular formula is C11H12N2O2S3. The first kappa shape index (κ1) is 13.5. The monoisotopic (exact) mass is 300 g/mol. The van der Waals surface area contributed by atoms with Gasteiger partial charge in [0, 0.05) is 13.1 Å². The Morgan fingerprint density at radius 1 is 1.28 bits per heavy atom. The van der Waals surface area contributed by atoms with Gasteiger partial charge in [0.15, 0.2) is 0 Å². The van der Waals surface area contributed by atoms with Crippen LogP contribution in [-0.4, -0.2) is 26.2 Å². The minimum Gasteiger partial charge on any atom is -0.298 e. The number of rotatable bonds is 2. The lowest BCUT2D eigenvalue weighted by molar-refractivity contribution is -0.120. The number of thioether (sulfide) groups is 1. The van der Waals surface area contributed by atoms with Gasteiger partial charge in [-0.05, 0) is 13.8 Å². The third-order valence-electron chi connectivity index (χ3n) is 2.62. The largest absolute Gasteiger partial charge is 0.298 e. The first-order valence-electron chi connectivity index (χ1n) is 5.47. The van der Waals surface area contributed by atoms with Crippen LogP contribution >= 0.6 is 35.3 Å². The Morgan fingerprint density at radius 2 is 1.94 bits per heavy atom. The van der Waals surface area contributed by atoms with Crippen LogP contribution in [0, 0.1) is 0 Å². The lowest BCUT2D eigenvalue weighted by Gasteiger charge is -2.09. The minimum absolute atomic E-state index is 0.115. The van der Waals surface area contributed by atoms with Crippen molar-refractivity contribution in [3.63, 3.8) is 0 Å². The van der Waals surface area contributed by atoms with E-state index in [4.69, 9.17) is 12.2 Å². The predicted octanol–water partition coefficient (Wildman–Crippen LogP) is 0.328. The van der Waals surface area contributed by atoms with Crippen LogP contribution in [0.1, 0.15) is 13.8 Å². The maximum atomic E-state index is 12.2. The Kier molecular flexibility index (Phi) is 3.74. The number of aromatic nitrogens is 1. The van der Waals surface area contributed by atoms with Gasteiger partial charge < -0.3 is 0 Å². The summed E-state index contributed by atoms with van der Waals surface area (Å²) in [5, 5.41) is 0. The lowest BCUT2D eigenvalue weighted by Crippen LogP contribution is -2.32. The molecule has 1 aromatic rings. The Balaban J connectivity index is 2.75. The van der Waals surface area contributed by atoms with Crippen molar-refractivity contribution in [2.45, 2.75) is 20.4 Å². The van der Waals surface area contributed by atoms with Crippen LogP contribution in [0.4, 0.5) is 0 Å². The molecule has 0 bridgehead atoms. The summed E-state index contributed by atoms with van der Waals surface area (Å²) in [7, 11) is 0. The summed E-state index contributed by atoms with van der Waals surface area (Å²) in [6.45, 7) is 8.53. The molecule has 2 rings (SSSR count). The molecule has 7 heteroatoms. The van der Waals surface area contributed by atoms with Crippen LogP contribution in [0.3, 0.4) is 0 Å². The summed E-state index contributed by atoms with van der Waals surface area (Å²) in [6, 6.07) is 0. The van der Waals surface area contributed by atoms with Crippen molar-refractivity contribution in [1.29, 1.82) is 0 Å². The average Bonchev–Trinajstić information content (AvgIpc) is 2.78. The van der Waals surface area contributed by atoms with Crippen molar-refractivity contribution in [2.75, 3.05) is 6.54 Å². The van der Waals surface area contributed by atoms with Gasteiger partial charge in [-0.1, -0.05) is 30.6 Å². The maximum absolute atomic E-state index is 12.2. The molecule has 0 aliphatic carbocycles. The third kappa shape index (κ3) is 1.96. The SMILES string of the molecule is C=c1s/c(=C2/SC(=S)N(CC)C2=O)n(CC)c1=O. The molecule has 1 aromatic heterocycles. The fourth-order valence-corrected chi connectivity index (χ4v) is 4.25. The molecule has 1 aliphatic heterocycles. The van der Waals surface area contributed by atoms with Crippen LogP contribution in [-0.2, 0) is 11.3 Å². The topological polar surface area (TPSA) is 42.3 Å². The number of hydrogen-bond donors (Lipinski definition) is 0. The Morgan fingerprint density at radius 3 is 2.44 bits per heavy atom. The quantitative estimate of drug-likeness (QED) is 0.738. The molecule has 1 aliphatic rings. The molecule has 0 aromatic carbocycles. The predicted molar refractivity (Wildman–Crippen MR) is 80.0 cm³/mol. The summed E-state index contributed by atoms with van der Waals surface area (Å²) in [6.07, 6.45) is 0. The lowest BCUT2D eigenvalue weighted by atomic mass is 10.5. The number of nitrogens with zero attached hydrogens (tertiary/aromatic N) is 2. The highest BCUT2D eigenvalue weighted by atomic mass is 32.2. The summed E-state index contributed by atoms with van der Waals surface area (Å²) in [5.41, 5.74) is -0.126. The summed E-state index contributed by atoms with van der Waals surface area (Å²) >= 11 is 7.68. The van der Waals surface area contributed by atoms with E-state index in [0.717, 1.165) is 0 Å². The van der Waals surface area contributed by atoms with Crippen molar-refractivity contribution in [1.82, 2.24) is 9.47 Å². The first-order valence-corrected chi connectivity index (χ1v) is 7.51. The van der Waals surface area contributed by atoms with E-state index < -0.39 is 0 Å². The zero-order chi connectivity index (χ0) is 13.4. The van der Waals surface area contributed by atoms with E-state index in [1.54, 1.807) is 9.47 Å². The second kappa shape index (κ2) is 4.99. The molecule has 0 unspecified atom stereocenters. The van der Waals surface area contributed by atoms with E-state index in [1.807, 2.05) is 13.8 Å². The number of thiazole rings is 1. The highest BCUT2D eigenvalue weighted by Gasteiger charge is 2.32. The standard InChI is InChI=1S/C11H12N2O2S3/c1-4-12-8(14)6(3)17-10(12)7-9(15)13(5-2)11(16)18-7/h3-5H2,1-2H3/b10-7+. The van der Waals surface area contributed by atoms with Gasteiger partial charge in [-0.3, -0.25) is 19.1 Å². The van der Waals surface area contributed by atoms with Crippen molar-refractivity contribution >= 4 is 57.0 Å². The highest BCUT2D eigenvalue weighted by molar-refractivity contribution is 8.30. The molecule has 1 amide bonds. The van der Waals surface area contributed by atoms with Crippen LogP contribution in [0.15, 0.2) is 4.79 Å². The van der Waals surface area contributed by atoms with Crippen molar-refractivity contribution in [2.24, 2.45) is 0 Å². The number of thiocarbonyl (C=S) groups is 1. The third-order valence-corrected chi connectivity index (χ3v) is 5.23. The molecule has 1 saturated heterocycles. The molecule has 18 heavy (non-hydrogen) atoms.